The Balaban J connectivity index is 1.57. The molecule has 0 aliphatic carbocycles. The van der Waals surface area contributed by atoms with Crippen molar-refractivity contribution >= 4 is 28.7 Å². The van der Waals surface area contributed by atoms with E-state index < -0.39 is 4.92 Å². The molecule has 1 aliphatic heterocycles. The second-order valence-electron chi connectivity index (χ2n) is 6.93. The molecule has 1 aromatic heterocycles. The summed E-state index contributed by atoms with van der Waals surface area (Å²) in [7, 11) is 1.55. The Morgan fingerprint density at radius 3 is 2.52 bits per heavy atom. The van der Waals surface area contributed by atoms with Gasteiger partial charge in [0.05, 0.1) is 17.7 Å². The van der Waals surface area contributed by atoms with Gasteiger partial charge in [-0.1, -0.05) is 18.2 Å². The van der Waals surface area contributed by atoms with Crippen LogP contribution in [0.5, 0.6) is 5.75 Å². The fourth-order valence-electron chi connectivity index (χ4n) is 3.57. The molecule has 0 saturated carbocycles. The average Bonchev–Trinajstić information content (AvgIpc) is 2.79. The van der Waals surface area contributed by atoms with Gasteiger partial charge in [-0.25, -0.2) is 14.4 Å². The summed E-state index contributed by atoms with van der Waals surface area (Å²) in [6.07, 6.45) is 1.30. The molecule has 3 aromatic rings. The minimum Gasteiger partial charge on any atom is -0.497 e. The van der Waals surface area contributed by atoms with Crippen LogP contribution in [0.2, 0.25) is 0 Å². The molecule has 9 nitrogen and oxygen atoms in total. The third kappa shape index (κ3) is 4.32. The summed E-state index contributed by atoms with van der Waals surface area (Å²) in [5, 5.41) is 14.9. The van der Waals surface area contributed by atoms with Gasteiger partial charge in [0, 0.05) is 37.9 Å². The van der Waals surface area contributed by atoms with E-state index in [9.17, 15) is 14.5 Å². The van der Waals surface area contributed by atoms with Crippen LogP contribution >= 0.6 is 0 Å². The predicted molar refractivity (Wildman–Crippen MR) is 116 cm³/mol. The zero-order valence-corrected chi connectivity index (χ0v) is 16.9. The zero-order valence-electron chi connectivity index (χ0n) is 16.9. The molecule has 0 atom stereocenters. The lowest BCUT2D eigenvalue weighted by Gasteiger charge is -2.36. The van der Waals surface area contributed by atoms with Crippen LogP contribution in [0, 0.1) is 15.9 Å². The van der Waals surface area contributed by atoms with Crippen molar-refractivity contribution in [1.29, 1.82) is 0 Å². The minimum absolute atomic E-state index is 0.0970. The Labute approximate surface area is 178 Å². The minimum atomic E-state index is -0.485. The molecule has 1 saturated heterocycles. The van der Waals surface area contributed by atoms with Crippen LogP contribution in [0.1, 0.15) is 0 Å². The van der Waals surface area contributed by atoms with Gasteiger partial charge in [-0.2, -0.15) is 0 Å². The van der Waals surface area contributed by atoms with Crippen molar-refractivity contribution in [1.82, 2.24) is 9.97 Å². The maximum atomic E-state index is 14.1. The number of rotatable bonds is 6. The molecule has 0 bridgehead atoms. The van der Waals surface area contributed by atoms with Crippen molar-refractivity contribution in [2.24, 2.45) is 0 Å². The van der Waals surface area contributed by atoms with E-state index in [1.165, 1.54) is 12.4 Å². The third-order valence-electron chi connectivity index (χ3n) is 5.09. The van der Waals surface area contributed by atoms with E-state index in [1.807, 2.05) is 9.80 Å². The van der Waals surface area contributed by atoms with Crippen molar-refractivity contribution in [3.8, 4) is 5.75 Å². The fourth-order valence-corrected chi connectivity index (χ4v) is 3.57. The smallest absolute Gasteiger partial charge is 0.353 e. The Morgan fingerprint density at radius 2 is 1.81 bits per heavy atom. The van der Waals surface area contributed by atoms with E-state index in [2.05, 4.69) is 15.3 Å². The molecule has 1 fully saturated rings. The molecular weight excluding hydrogens is 403 g/mol. The van der Waals surface area contributed by atoms with Crippen LogP contribution < -0.4 is 19.9 Å². The van der Waals surface area contributed by atoms with Gasteiger partial charge in [0.2, 0.25) is 11.6 Å². The number of piperazine rings is 1. The first-order valence-corrected chi connectivity index (χ1v) is 9.71. The van der Waals surface area contributed by atoms with E-state index in [1.54, 1.807) is 49.6 Å². The molecule has 0 unspecified atom stereocenters. The maximum absolute atomic E-state index is 14.1. The highest BCUT2D eigenvalue weighted by atomic mass is 19.1. The zero-order chi connectivity index (χ0) is 21.8. The molecule has 1 aliphatic rings. The number of aromatic nitrogens is 2. The van der Waals surface area contributed by atoms with Crippen LogP contribution in [0.4, 0.5) is 33.1 Å². The average molecular weight is 424 g/mol. The number of nitrogens with one attached hydrogen (secondary N) is 1. The topological polar surface area (TPSA) is 96.7 Å². The number of nitro groups is 1. The highest BCUT2D eigenvalue weighted by Gasteiger charge is 2.30. The fraction of sp³-hybridized carbons (Fsp3) is 0.238. The molecular formula is C21H21FN6O3. The molecule has 0 radical (unpaired) electrons. The van der Waals surface area contributed by atoms with Gasteiger partial charge in [-0.3, -0.25) is 10.1 Å². The van der Waals surface area contributed by atoms with Gasteiger partial charge in [-0.15, -0.1) is 0 Å². The molecule has 2 aromatic carbocycles. The summed E-state index contributed by atoms with van der Waals surface area (Å²) in [5.74, 6) is 0.665. The summed E-state index contributed by atoms with van der Waals surface area (Å²) in [6.45, 7) is 1.96. The number of anilines is 4. The van der Waals surface area contributed by atoms with Crippen LogP contribution in [0.25, 0.3) is 0 Å². The lowest BCUT2D eigenvalue weighted by atomic mass is 10.2. The normalized spacial score (nSPS) is 13.7. The predicted octanol–water partition coefficient (Wildman–Crippen LogP) is 3.60. The van der Waals surface area contributed by atoms with Gasteiger partial charge in [0.15, 0.2) is 0 Å². The van der Waals surface area contributed by atoms with Gasteiger partial charge in [-0.05, 0) is 24.3 Å². The highest BCUT2D eigenvalue weighted by Crippen LogP contribution is 2.35. The SMILES string of the molecule is COc1cccc(Nc2ncnc(N3CCN(c4ccccc4F)CC3)c2[N+](=O)[O-])c1. The van der Waals surface area contributed by atoms with E-state index in [0.717, 1.165) is 0 Å². The maximum Gasteiger partial charge on any atom is 0.353 e. The summed E-state index contributed by atoms with van der Waals surface area (Å²) in [4.78, 5) is 23.5. The van der Waals surface area contributed by atoms with Crippen molar-refractivity contribution < 1.29 is 14.1 Å². The molecule has 31 heavy (non-hydrogen) atoms. The first-order valence-electron chi connectivity index (χ1n) is 9.71. The molecule has 160 valence electrons. The summed E-state index contributed by atoms with van der Waals surface area (Å²) in [5.41, 5.74) is 0.931. The first kappa shape index (κ1) is 20.3. The van der Waals surface area contributed by atoms with Gasteiger partial charge in [0.1, 0.15) is 17.9 Å². The van der Waals surface area contributed by atoms with E-state index in [4.69, 9.17) is 4.74 Å². The third-order valence-corrected chi connectivity index (χ3v) is 5.09. The van der Waals surface area contributed by atoms with E-state index >= 15 is 0 Å². The molecule has 0 amide bonds. The number of hydrogen-bond acceptors (Lipinski definition) is 8. The van der Waals surface area contributed by atoms with Gasteiger partial charge in [0.25, 0.3) is 0 Å². The Hall–Kier alpha value is -3.95. The second kappa shape index (κ2) is 8.82. The van der Waals surface area contributed by atoms with Crippen LogP contribution in [0.3, 0.4) is 0 Å². The van der Waals surface area contributed by atoms with Gasteiger partial charge >= 0.3 is 5.69 Å². The quantitative estimate of drug-likeness (QED) is 0.474. The number of hydrogen-bond donors (Lipinski definition) is 1. The van der Waals surface area contributed by atoms with Crippen molar-refractivity contribution in [3.05, 3.63) is 70.8 Å². The molecule has 2 heterocycles. The molecule has 0 spiro atoms. The molecule has 1 N–H and O–H groups in total. The van der Waals surface area contributed by atoms with Crippen LogP contribution in [0.15, 0.2) is 54.9 Å². The summed E-state index contributed by atoms with van der Waals surface area (Å²) in [6, 6.07) is 13.6. The monoisotopic (exact) mass is 424 g/mol. The first-order chi connectivity index (χ1) is 15.1. The highest BCUT2D eigenvalue weighted by molar-refractivity contribution is 5.75. The standard InChI is InChI=1S/C21H21FN6O3/c1-31-16-6-4-5-15(13-16)25-20-19(28(29)30)21(24-14-23-20)27-11-9-26(10-12-27)18-8-3-2-7-17(18)22/h2-8,13-14H,9-12H2,1H3,(H,23,24,25). The van der Waals surface area contributed by atoms with E-state index in [-0.39, 0.29) is 23.1 Å². The van der Waals surface area contributed by atoms with Crippen molar-refractivity contribution in [2.45, 2.75) is 0 Å². The Kier molecular flexibility index (Phi) is 5.78. The number of para-hydroxylation sites is 1. The van der Waals surface area contributed by atoms with Gasteiger partial charge < -0.3 is 19.9 Å². The molecule has 10 heteroatoms. The summed E-state index contributed by atoms with van der Waals surface area (Å²) >= 11 is 0. The van der Waals surface area contributed by atoms with Crippen LogP contribution in [-0.4, -0.2) is 48.2 Å². The second-order valence-corrected chi connectivity index (χ2v) is 6.93. The number of benzene rings is 2. The lowest BCUT2D eigenvalue weighted by Crippen LogP contribution is -2.47. The lowest BCUT2D eigenvalue weighted by molar-refractivity contribution is -0.383. The largest absolute Gasteiger partial charge is 0.497 e. The number of halogens is 1. The Bertz CT molecular complexity index is 1090. The Morgan fingerprint density at radius 1 is 1.06 bits per heavy atom. The van der Waals surface area contributed by atoms with Crippen molar-refractivity contribution in [3.63, 3.8) is 0 Å². The van der Waals surface area contributed by atoms with Crippen molar-refractivity contribution in [2.75, 3.05) is 48.4 Å². The van der Waals surface area contributed by atoms with Crippen LogP contribution in [-0.2, 0) is 0 Å². The van der Waals surface area contributed by atoms with E-state index in [0.29, 0.717) is 43.3 Å². The summed E-state index contributed by atoms with van der Waals surface area (Å²) < 4.78 is 19.3. The number of nitrogens with zero attached hydrogens (tertiary/aromatic N) is 5. The number of ether oxygens (including phenoxy) is 1. The molecule has 4 rings (SSSR count). The number of methoxy groups -OCH3 is 1.